The minimum absolute atomic E-state index is 0.00525. The van der Waals surface area contributed by atoms with Crippen molar-refractivity contribution in [2.45, 2.75) is 0 Å². The van der Waals surface area contributed by atoms with Gasteiger partial charge < -0.3 is 10.4 Å². The van der Waals surface area contributed by atoms with Crippen LogP contribution in [-0.2, 0) is 4.79 Å². The molecule has 7 heteroatoms. The number of thiophene rings is 1. The van der Waals surface area contributed by atoms with E-state index in [-0.39, 0.29) is 21.2 Å². The number of carboxylic acid groups (broad SMARTS) is 1. The van der Waals surface area contributed by atoms with E-state index in [4.69, 9.17) is 16.7 Å². The van der Waals surface area contributed by atoms with Crippen molar-refractivity contribution >= 4 is 45.9 Å². The zero-order valence-corrected chi connectivity index (χ0v) is 12.0. The average Bonchev–Trinajstić information content (AvgIpc) is 2.86. The van der Waals surface area contributed by atoms with Crippen LogP contribution in [0.2, 0.25) is 5.02 Å². The van der Waals surface area contributed by atoms with Crippen molar-refractivity contribution in [3.05, 3.63) is 57.7 Å². The van der Waals surface area contributed by atoms with Gasteiger partial charge in [-0.3, -0.25) is 4.79 Å². The smallest absolute Gasteiger partial charge is 0.338 e. The lowest BCUT2D eigenvalue weighted by atomic mass is 10.2. The van der Waals surface area contributed by atoms with Gasteiger partial charge in [-0.25, -0.2) is 9.18 Å². The third-order valence-electron chi connectivity index (χ3n) is 2.53. The Balaban J connectivity index is 2.13. The summed E-state index contributed by atoms with van der Waals surface area (Å²) in [5.74, 6) is -2.25. The fourth-order valence-corrected chi connectivity index (χ4v) is 2.57. The molecular formula is C14H9ClFNO3S. The summed E-state index contributed by atoms with van der Waals surface area (Å²) in [6, 6.07) is 5.58. The lowest BCUT2D eigenvalue weighted by Crippen LogP contribution is -2.09. The van der Waals surface area contributed by atoms with Gasteiger partial charge in [-0.2, -0.15) is 0 Å². The van der Waals surface area contributed by atoms with Crippen LogP contribution < -0.4 is 5.32 Å². The molecule has 0 atom stereocenters. The van der Waals surface area contributed by atoms with E-state index in [0.717, 1.165) is 17.4 Å². The van der Waals surface area contributed by atoms with E-state index < -0.39 is 17.7 Å². The number of rotatable bonds is 4. The molecule has 108 valence electrons. The molecule has 1 aromatic heterocycles. The van der Waals surface area contributed by atoms with Gasteiger partial charge in [0.15, 0.2) is 0 Å². The highest BCUT2D eigenvalue weighted by atomic mass is 35.5. The number of halogens is 2. The minimum Gasteiger partial charge on any atom is -0.478 e. The van der Waals surface area contributed by atoms with Crippen LogP contribution in [0.15, 0.2) is 35.7 Å². The molecule has 1 heterocycles. The van der Waals surface area contributed by atoms with E-state index in [1.807, 2.05) is 0 Å². The number of nitrogens with one attached hydrogen (secondary N) is 1. The maximum atomic E-state index is 13.5. The summed E-state index contributed by atoms with van der Waals surface area (Å²) in [7, 11) is 0. The Morgan fingerprint density at radius 1 is 1.33 bits per heavy atom. The van der Waals surface area contributed by atoms with E-state index in [2.05, 4.69) is 5.32 Å². The number of carbonyl (C=O) groups excluding carboxylic acids is 1. The maximum Gasteiger partial charge on any atom is 0.338 e. The molecule has 1 aromatic carbocycles. The third-order valence-corrected chi connectivity index (χ3v) is 3.69. The number of anilines is 1. The first-order valence-corrected chi connectivity index (χ1v) is 6.98. The number of hydrogen-bond acceptors (Lipinski definition) is 3. The van der Waals surface area contributed by atoms with Gasteiger partial charge in [-0.15, -0.1) is 11.3 Å². The van der Waals surface area contributed by atoms with E-state index >= 15 is 0 Å². The monoisotopic (exact) mass is 325 g/mol. The van der Waals surface area contributed by atoms with Crippen LogP contribution in [0.3, 0.4) is 0 Å². The first-order chi connectivity index (χ1) is 9.99. The van der Waals surface area contributed by atoms with E-state index in [9.17, 15) is 14.0 Å². The molecule has 2 aromatic rings. The van der Waals surface area contributed by atoms with E-state index in [1.165, 1.54) is 30.3 Å². The number of hydrogen-bond donors (Lipinski definition) is 2. The van der Waals surface area contributed by atoms with Crippen LogP contribution >= 0.6 is 22.9 Å². The summed E-state index contributed by atoms with van der Waals surface area (Å²) in [5, 5.41) is 13.3. The van der Waals surface area contributed by atoms with Gasteiger partial charge in [0.25, 0.3) is 0 Å². The molecule has 0 aliphatic heterocycles. The predicted octanol–water partition coefficient (Wildman–Crippen LogP) is 3.89. The predicted molar refractivity (Wildman–Crippen MR) is 80.4 cm³/mol. The normalized spacial score (nSPS) is 10.8. The molecule has 0 aliphatic carbocycles. The van der Waals surface area contributed by atoms with Gasteiger partial charge in [0, 0.05) is 11.6 Å². The molecule has 0 aliphatic rings. The van der Waals surface area contributed by atoms with Crippen LogP contribution in [-0.4, -0.2) is 17.0 Å². The molecule has 0 fully saturated rings. The number of carboxylic acids is 1. The highest BCUT2D eigenvalue weighted by Gasteiger charge is 2.12. The quantitative estimate of drug-likeness (QED) is 0.838. The van der Waals surface area contributed by atoms with E-state index in [1.54, 1.807) is 5.38 Å². The van der Waals surface area contributed by atoms with Crippen molar-refractivity contribution in [3.8, 4) is 0 Å². The fourth-order valence-electron chi connectivity index (χ4n) is 1.56. The van der Waals surface area contributed by atoms with Crippen molar-refractivity contribution in [1.29, 1.82) is 0 Å². The number of amides is 1. The Morgan fingerprint density at radius 2 is 2.10 bits per heavy atom. The summed E-state index contributed by atoms with van der Waals surface area (Å²) in [4.78, 5) is 22.6. The summed E-state index contributed by atoms with van der Waals surface area (Å²) < 4.78 is 13.5. The topological polar surface area (TPSA) is 66.4 Å². The minimum atomic E-state index is -1.13. The van der Waals surface area contributed by atoms with Crippen molar-refractivity contribution in [1.82, 2.24) is 0 Å². The second kappa shape index (κ2) is 6.51. The zero-order valence-electron chi connectivity index (χ0n) is 10.5. The summed E-state index contributed by atoms with van der Waals surface area (Å²) in [5.41, 5.74) is 0.102. The van der Waals surface area contributed by atoms with Crippen molar-refractivity contribution in [2.75, 3.05) is 5.32 Å². The summed E-state index contributed by atoms with van der Waals surface area (Å²) in [6.07, 6.45) is 2.33. The molecular weight excluding hydrogens is 317 g/mol. The third kappa shape index (κ3) is 3.68. The molecule has 0 bridgehead atoms. The van der Waals surface area contributed by atoms with Crippen LogP contribution in [0.4, 0.5) is 9.39 Å². The molecule has 0 saturated carbocycles. The molecule has 2 rings (SSSR count). The van der Waals surface area contributed by atoms with Crippen LogP contribution in [0, 0.1) is 5.82 Å². The highest BCUT2D eigenvalue weighted by molar-refractivity contribution is 7.14. The zero-order chi connectivity index (χ0) is 15.4. The second-order valence-electron chi connectivity index (χ2n) is 3.93. The molecule has 0 unspecified atom stereocenters. The van der Waals surface area contributed by atoms with Crippen LogP contribution in [0.25, 0.3) is 6.08 Å². The van der Waals surface area contributed by atoms with Gasteiger partial charge in [0.2, 0.25) is 5.91 Å². The number of carbonyl (C=O) groups is 2. The molecule has 0 saturated heterocycles. The largest absolute Gasteiger partial charge is 0.478 e. The Labute approximate surface area is 128 Å². The lowest BCUT2D eigenvalue weighted by Gasteiger charge is -2.01. The molecule has 1 amide bonds. The number of benzene rings is 1. The van der Waals surface area contributed by atoms with Gasteiger partial charge in [-0.1, -0.05) is 17.7 Å². The number of aromatic carboxylic acids is 1. The standard InChI is InChI=1S/C14H9ClFNO3S/c15-10-2-1-3-11(16)8(10)4-5-12(18)17-13-9(14(19)20)6-7-21-13/h1-7H,(H,17,18)(H,19,20)/b5-4+. The summed E-state index contributed by atoms with van der Waals surface area (Å²) >= 11 is 6.91. The first-order valence-electron chi connectivity index (χ1n) is 5.73. The van der Waals surface area contributed by atoms with Gasteiger partial charge in [0.1, 0.15) is 10.8 Å². The molecule has 2 N–H and O–H groups in total. The Hall–Kier alpha value is -2.18. The van der Waals surface area contributed by atoms with E-state index in [0.29, 0.717) is 0 Å². The molecule has 4 nitrogen and oxygen atoms in total. The SMILES string of the molecule is O=C(/C=C/c1c(F)cccc1Cl)Nc1sccc1C(=O)O. The lowest BCUT2D eigenvalue weighted by molar-refractivity contribution is -0.111. The average molecular weight is 326 g/mol. The van der Waals surface area contributed by atoms with Gasteiger partial charge >= 0.3 is 5.97 Å². The Morgan fingerprint density at radius 3 is 2.76 bits per heavy atom. The highest BCUT2D eigenvalue weighted by Crippen LogP contribution is 2.24. The fraction of sp³-hybridized carbons (Fsp3) is 0. The second-order valence-corrected chi connectivity index (χ2v) is 5.25. The van der Waals surface area contributed by atoms with Gasteiger partial charge in [0.05, 0.1) is 10.6 Å². The van der Waals surface area contributed by atoms with Gasteiger partial charge in [-0.05, 0) is 29.7 Å². The van der Waals surface area contributed by atoms with Crippen molar-refractivity contribution in [3.63, 3.8) is 0 Å². The Kier molecular flexibility index (Phi) is 4.72. The molecule has 0 radical (unpaired) electrons. The van der Waals surface area contributed by atoms with Crippen LogP contribution in [0.5, 0.6) is 0 Å². The first kappa shape index (κ1) is 15.2. The Bertz CT molecular complexity index is 707. The maximum absolute atomic E-state index is 13.5. The molecule has 21 heavy (non-hydrogen) atoms. The van der Waals surface area contributed by atoms with Crippen molar-refractivity contribution < 1.29 is 19.1 Å². The van der Waals surface area contributed by atoms with Crippen LogP contribution in [0.1, 0.15) is 15.9 Å². The molecule has 0 spiro atoms. The van der Waals surface area contributed by atoms with Crippen molar-refractivity contribution in [2.24, 2.45) is 0 Å². The summed E-state index contributed by atoms with van der Waals surface area (Å²) in [6.45, 7) is 0.